The van der Waals surface area contributed by atoms with E-state index in [1.165, 1.54) is 18.9 Å². The average Bonchev–Trinajstić information content (AvgIpc) is 3.17. The van der Waals surface area contributed by atoms with Crippen LogP contribution in [0.2, 0.25) is 5.02 Å². The van der Waals surface area contributed by atoms with Crippen molar-refractivity contribution in [1.29, 1.82) is 0 Å². The molecule has 0 atom stereocenters. The normalized spacial score (nSPS) is 11.0. The number of aromatic nitrogens is 2. The monoisotopic (exact) mass is 485 g/mol. The van der Waals surface area contributed by atoms with Gasteiger partial charge in [0.2, 0.25) is 0 Å². The zero-order chi connectivity index (χ0) is 25.0. The fourth-order valence-electron chi connectivity index (χ4n) is 3.21. The number of carbonyl (C=O) groups is 3. The highest BCUT2D eigenvalue weighted by atomic mass is 35.5. The van der Waals surface area contributed by atoms with Crippen LogP contribution in [0.4, 0.5) is 10.5 Å². The molecule has 1 heterocycles. The van der Waals surface area contributed by atoms with Gasteiger partial charge in [-0.1, -0.05) is 35.9 Å². The Balaban J connectivity index is 2.30. The molecular weight excluding hydrogens is 462 g/mol. The molecule has 0 bridgehead atoms. The number of methoxy groups -OCH3 is 2. The van der Waals surface area contributed by atoms with Crippen molar-refractivity contribution in [1.82, 2.24) is 9.78 Å². The molecule has 10 heteroatoms. The Labute approximate surface area is 201 Å². The molecule has 34 heavy (non-hydrogen) atoms. The van der Waals surface area contributed by atoms with Gasteiger partial charge in [0.25, 0.3) is 0 Å². The number of ether oxygens (including phenoxy) is 3. The van der Waals surface area contributed by atoms with E-state index in [0.29, 0.717) is 5.69 Å². The Morgan fingerprint density at radius 3 is 2.18 bits per heavy atom. The third kappa shape index (κ3) is 5.20. The summed E-state index contributed by atoms with van der Waals surface area (Å²) in [5.74, 6) is -1.64. The fourth-order valence-corrected chi connectivity index (χ4v) is 3.48. The Hall–Kier alpha value is -3.85. The molecule has 3 aromatic rings. The lowest BCUT2D eigenvalue weighted by atomic mass is 10.0. The number of hydrogen-bond donors (Lipinski definition) is 1. The number of amides is 1. The number of rotatable bonds is 5. The molecule has 3 rings (SSSR count). The molecule has 0 aliphatic heterocycles. The predicted octanol–water partition coefficient (Wildman–Crippen LogP) is 5.11. The molecule has 0 unspecified atom stereocenters. The summed E-state index contributed by atoms with van der Waals surface area (Å²) in [5.41, 5.74) is -0.123. The molecule has 0 spiro atoms. The maximum atomic E-state index is 12.9. The number of nitrogens with one attached hydrogen (secondary N) is 1. The van der Waals surface area contributed by atoms with Gasteiger partial charge in [-0.3, -0.25) is 5.32 Å². The van der Waals surface area contributed by atoms with E-state index >= 15 is 0 Å². The molecule has 2 aromatic carbocycles. The second-order valence-corrected chi connectivity index (χ2v) is 8.50. The number of halogens is 1. The summed E-state index contributed by atoms with van der Waals surface area (Å²) in [7, 11) is 2.37. The molecule has 0 saturated carbocycles. The number of esters is 2. The molecule has 1 amide bonds. The van der Waals surface area contributed by atoms with Gasteiger partial charge in [-0.05, 0) is 45.0 Å². The van der Waals surface area contributed by atoms with Crippen molar-refractivity contribution in [2.45, 2.75) is 26.4 Å². The van der Waals surface area contributed by atoms with E-state index < -0.39 is 23.6 Å². The number of anilines is 1. The number of carbonyl (C=O) groups excluding carboxylic acids is 3. The van der Waals surface area contributed by atoms with E-state index in [-0.39, 0.29) is 33.2 Å². The van der Waals surface area contributed by atoms with Gasteiger partial charge in [0.1, 0.15) is 16.9 Å². The first kappa shape index (κ1) is 24.8. The molecular formula is C24H24ClN3O6. The molecule has 0 aliphatic carbocycles. The van der Waals surface area contributed by atoms with Gasteiger partial charge in [0.15, 0.2) is 5.69 Å². The first-order chi connectivity index (χ1) is 16.1. The Bertz CT molecular complexity index is 1230. The van der Waals surface area contributed by atoms with E-state index in [9.17, 15) is 14.4 Å². The highest BCUT2D eigenvalue weighted by molar-refractivity contribution is 6.34. The summed E-state index contributed by atoms with van der Waals surface area (Å²) in [4.78, 5) is 38.1. The summed E-state index contributed by atoms with van der Waals surface area (Å²) in [6, 6.07) is 13.5. The number of nitrogens with zero attached hydrogens (tertiary/aromatic N) is 2. The maximum absolute atomic E-state index is 12.9. The lowest BCUT2D eigenvalue weighted by Gasteiger charge is -2.20. The zero-order valence-electron chi connectivity index (χ0n) is 19.3. The van der Waals surface area contributed by atoms with Gasteiger partial charge >= 0.3 is 18.0 Å². The summed E-state index contributed by atoms with van der Waals surface area (Å²) in [6.07, 6.45) is -0.730. The smallest absolute Gasteiger partial charge is 0.412 e. The molecule has 178 valence electrons. The van der Waals surface area contributed by atoms with Gasteiger partial charge in [0, 0.05) is 5.56 Å². The first-order valence-electron chi connectivity index (χ1n) is 10.2. The first-order valence-corrected chi connectivity index (χ1v) is 10.6. The lowest BCUT2D eigenvalue weighted by molar-refractivity contribution is 0.0549. The summed E-state index contributed by atoms with van der Waals surface area (Å²) < 4.78 is 16.5. The minimum atomic E-state index is -0.833. The molecule has 1 N–H and O–H groups in total. The van der Waals surface area contributed by atoms with Gasteiger partial charge in [-0.2, -0.15) is 5.10 Å². The minimum Gasteiger partial charge on any atom is -0.465 e. The standard InChI is InChI=1S/C24H24ClN3O6/c1-24(2,3)34-23(31)26-16-13-9-12-15(25)17(16)19-18(21(29)32-4)20(22(30)33-5)28(27-19)14-10-7-6-8-11-14/h6-13H,1-5H3,(H,26,31). The molecule has 0 aliphatic rings. The van der Waals surface area contributed by atoms with Crippen LogP contribution in [0, 0.1) is 0 Å². The van der Waals surface area contributed by atoms with Crippen LogP contribution >= 0.6 is 11.6 Å². The van der Waals surface area contributed by atoms with Crippen LogP contribution in [-0.2, 0) is 14.2 Å². The van der Waals surface area contributed by atoms with Crippen molar-refractivity contribution in [2.24, 2.45) is 0 Å². The van der Waals surface area contributed by atoms with Gasteiger partial charge in [0.05, 0.1) is 30.6 Å². The Morgan fingerprint density at radius 2 is 1.59 bits per heavy atom. The van der Waals surface area contributed by atoms with E-state index in [1.54, 1.807) is 69.3 Å². The third-order valence-electron chi connectivity index (χ3n) is 4.54. The van der Waals surface area contributed by atoms with Crippen molar-refractivity contribution in [3.05, 3.63) is 64.8 Å². The SMILES string of the molecule is COC(=O)c1c(-c2c(Cl)cccc2NC(=O)OC(C)(C)C)nn(-c2ccccc2)c1C(=O)OC. The number of benzene rings is 2. The highest BCUT2D eigenvalue weighted by Gasteiger charge is 2.33. The quantitative estimate of drug-likeness (QED) is 0.395. The van der Waals surface area contributed by atoms with Crippen LogP contribution in [-0.4, -0.2) is 47.6 Å². The topological polar surface area (TPSA) is 109 Å². The molecule has 1 aromatic heterocycles. The Morgan fingerprint density at radius 1 is 0.941 bits per heavy atom. The molecule has 0 radical (unpaired) electrons. The van der Waals surface area contributed by atoms with Crippen LogP contribution in [0.3, 0.4) is 0 Å². The average molecular weight is 486 g/mol. The molecule has 9 nitrogen and oxygen atoms in total. The van der Waals surface area contributed by atoms with Gasteiger partial charge in [-0.25, -0.2) is 19.1 Å². The second kappa shape index (κ2) is 9.96. The summed E-state index contributed by atoms with van der Waals surface area (Å²) in [6.45, 7) is 5.18. The minimum absolute atomic E-state index is 0.0211. The zero-order valence-corrected chi connectivity index (χ0v) is 20.1. The van der Waals surface area contributed by atoms with E-state index in [2.05, 4.69) is 10.4 Å². The fraction of sp³-hybridized carbons (Fsp3) is 0.250. The Kier molecular flexibility index (Phi) is 7.26. The largest absolute Gasteiger partial charge is 0.465 e. The van der Waals surface area contributed by atoms with Crippen molar-refractivity contribution >= 4 is 35.3 Å². The van der Waals surface area contributed by atoms with Crippen molar-refractivity contribution in [3.8, 4) is 16.9 Å². The van der Waals surface area contributed by atoms with Gasteiger partial charge < -0.3 is 14.2 Å². The van der Waals surface area contributed by atoms with Crippen LogP contribution < -0.4 is 5.32 Å². The third-order valence-corrected chi connectivity index (χ3v) is 4.86. The van der Waals surface area contributed by atoms with E-state index in [0.717, 1.165) is 0 Å². The summed E-state index contributed by atoms with van der Waals surface area (Å²) in [5, 5.41) is 7.34. The van der Waals surface area contributed by atoms with Crippen LogP contribution in [0.1, 0.15) is 41.6 Å². The van der Waals surface area contributed by atoms with Crippen LogP contribution in [0.25, 0.3) is 16.9 Å². The summed E-state index contributed by atoms with van der Waals surface area (Å²) >= 11 is 6.51. The van der Waals surface area contributed by atoms with E-state index in [1.807, 2.05) is 0 Å². The van der Waals surface area contributed by atoms with Crippen LogP contribution in [0.15, 0.2) is 48.5 Å². The highest BCUT2D eigenvalue weighted by Crippen LogP contribution is 2.38. The van der Waals surface area contributed by atoms with Crippen molar-refractivity contribution in [3.63, 3.8) is 0 Å². The maximum Gasteiger partial charge on any atom is 0.412 e. The number of hydrogen-bond acceptors (Lipinski definition) is 7. The van der Waals surface area contributed by atoms with Crippen LogP contribution in [0.5, 0.6) is 0 Å². The lowest BCUT2D eigenvalue weighted by Crippen LogP contribution is -2.27. The predicted molar refractivity (Wildman–Crippen MR) is 127 cm³/mol. The van der Waals surface area contributed by atoms with Crippen molar-refractivity contribution < 1.29 is 28.6 Å². The molecule has 0 fully saturated rings. The van der Waals surface area contributed by atoms with E-state index in [4.69, 9.17) is 25.8 Å². The second-order valence-electron chi connectivity index (χ2n) is 8.09. The van der Waals surface area contributed by atoms with Crippen molar-refractivity contribution in [2.75, 3.05) is 19.5 Å². The molecule has 0 saturated heterocycles. The van der Waals surface area contributed by atoms with Gasteiger partial charge in [-0.15, -0.1) is 0 Å². The number of para-hydroxylation sites is 1.